The summed E-state index contributed by atoms with van der Waals surface area (Å²) in [6, 6.07) is 7.79. The van der Waals surface area contributed by atoms with Gasteiger partial charge in [0, 0.05) is 50.8 Å². The van der Waals surface area contributed by atoms with Gasteiger partial charge in [-0.2, -0.15) is 17.0 Å². The van der Waals surface area contributed by atoms with Crippen molar-refractivity contribution in [1.29, 1.82) is 0 Å². The van der Waals surface area contributed by atoms with E-state index in [0.717, 1.165) is 30.2 Å². The number of morpholine rings is 1. The highest BCUT2D eigenvalue weighted by Gasteiger charge is 2.33. The fourth-order valence-corrected chi connectivity index (χ4v) is 4.68. The lowest BCUT2D eigenvalue weighted by Gasteiger charge is -2.37. The Balaban J connectivity index is 1.57. The Hall–Kier alpha value is -0.700. The highest BCUT2D eigenvalue weighted by Crippen LogP contribution is 2.19. The topological polar surface area (TPSA) is 53.1 Å². The van der Waals surface area contributed by atoms with Gasteiger partial charge in [0.15, 0.2) is 0 Å². The number of ether oxygens (including phenoxy) is 1. The number of rotatable bonds is 4. The van der Waals surface area contributed by atoms with E-state index in [0.29, 0.717) is 39.4 Å². The molecule has 6 nitrogen and oxygen atoms in total. The van der Waals surface area contributed by atoms with Crippen molar-refractivity contribution in [3.05, 3.63) is 34.9 Å². The van der Waals surface area contributed by atoms with Crippen molar-refractivity contribution in [3.8, 4) is 0 Å². The quantitative estimate of drug-likeness (QED) is 0.806. The molecule has 8 heteroatoms. The van der Waals surface area contributed by atoms with Crippen LogP contribution < -0.4 is 0 Å². The molecule has 0 amide bonds. The van der Waals surface area contributed by atoms with E-state index in [1.807, 2.05) is 24.3 Å². The van der Waals surface area contributed by atoms with Crippen molar-refractivity contribution in [2.75, 3.05) is 52.5 Å². The average molecular weight is 360 g/mol. The second kappa shape index (κ2) is 7.46. The van der Waals surface area contributed by atoms with Crippen LogP contribution in [0.15, 0.2) is 24.3 Å². The predicted octanol–water partition coefficient (Wildman–Crippen LogP) is 1.03. The Morgan fingerprint density at radius 3 is 2.22 bits per heavy atom. The SMILES string of the molecule is O=S(=O)(N1CCOCC1)N1CCN(Cc2ccccc2Cl)CC1. The molecule has 0 atom stereocenters. The lowest BCUT2D eigenvalue weighted by molar-refractivity contribution is 0.0684. The van der Waals surface area contributed by atoms with E-state index in [9.17, 15) is 8.42 Å². The van der Waals surface area contributed by atoms with Gasteiger partial charge in [0.05, 0.1) is 13.2 Å². The van der Waals surface area contributed by atoms with Gasteiger partial charge in [-0.15, -0.1) is 0 Å². The summed E-state index contributed by atoms with van der Waals surface area (Å²) in [6.07, 6.45) is 0. The third kappa shape index (κ3) is 4.04. The highest BCUT2D eigenvalue weighted by molar-refractivity contribution is 7.86. The van der Waals surface area contributed by atoms with Crippen LogP contribution in [-0.2, 0) is 21.5 Å². The third-order valence-electron chi connectivity index (χ3n) is 4.31. The molecule has 0 N–H and O–H groups in total. The smallest absolute Gasteiger partial charge is 0.282 e. The van der Waals surface area contributed by atoms with Gasteiger partial charge < -0.3 is 4.74 Å². The zero-order valence-corrected chi connectivity index (χ0v) is 14.6. The number of benzene rings is 1. The maximum Gasteiger partial charge on any atom is 0.282 e. The van der Waals surface area contributed by atoms with Crippen LogP contribution in [0.4, 0.5) is 0 Å². The molecule has 23 heavy (non-hydrogen) atoms. The van der Waals surface area contributed by atoms with Crippen LogP contribution in [0.2, 0.25) is 5.02 Å². The highest BCUT2D eigenvalue weighted by atomic mass is 35.5. The Labute approximate surface area is 142 Å². The number of piperazine rings is 1. The Kier molecular flexibility index (Phi) is 5.56. The summed E-state index contributed by atoms with van der Waals surface area (Å²) in [5, 5.41) is 0.760. The lowest BCUT2D eigenvalue weighted by Crippen LogP contribution is -2.54. The van der Waals surface area contributed by atoms with Gasteiger partial charge in [-0.25, -0.2) is 0 Å². The van der Waals surface area contributed by atoms with Gasteiger partial charge in [-0.3, -0.25) is 4.90 Å². The molecule has 2 fully saturated rings. The fourth-order valence-electron chi connectivity index (χ4n) is 2.93. The number of hydrogen-bond donors (Lipinski definition) is 0. The zero-order chi connectivity index (χ0) is 16.3. The van der Waals surface area contributed by atoms with Crippen LogP contribution in [0.3, 0.4) is 0 Å². The molecule has 0 radical (unpaired) electrons. The molecule has 128 valence electrons. The normalized spacial score (nSPS) is 22.3. The van der Waals surface area contributed by atoms with Gasteiger partial charge in [0.2, 0.25) is 0 Å². The van der Waals surface area contributed by atoms with E-state index < -0.39 is 10.2 Å². The molecule has 2 saturated heterocycles. The largest absolute Gasteiger partial charge is 0.379 e. The number of halogens is 1. The molecule has 0 aliphatic carbocycles. The van der Waals surface area contributed by atoms with E-state index in [2.05, 4.69) is 4.90 Å². The Morgan fingerprint density at radius 1 is 0.957 bits per heavy atom. The standard InChI is InChI=1S/C15H22ClN3O3S/c16-15-4-2-1-3-14(15)13-17-5-7-18(8-6-17)23(20,21)19-9-11-22-12-10-19/h1-4H,5-13H2. The minimum Gasteiger partial charge on any atom is -0.379 e. The van der Waals surface area contributed by atoms with Crippen molar-refractivity contribution < 1.29 is 13.2 Å². The molecule has 0 bridgehead atoms. The van der Waals surface area contributed by atoms with Crippen LogP contribution >= 0.6 is 11.6 Å². The first-order valence-electron chi connectivity index (χ1n) is 7.86. The molecule has 0 spiro atoms. The second-order valence-electron chi connectivity index (χ2n) is 5.79. The summed E-state index contributed by atoms with van der Waals surface area (Å²) in [5.74, 6) is 0. The maximum atomic E-state index is 12.6. The molecule has 3 rings (SSSR count). The summed E-state index contributed by atoms with van der Waals surface area (Å²) >= 11 is 6.19. The van der Waals surface area contributed by atoms with Gasteiger partial charge in [0.25, 0.3) is 10.2 Å². The van der Waals surface area contributed by atoms with Gasteiger partial charge in [-0.05, 0) is 11.6 Å². The minimum atomic E-state index is -3.36. The molecular weight excluding hydrogens is 338 g/mol. The van der Waals surface area contributed by atoms with Crippen LogP contribution in [0.5, 0.6) is 0 Å². The van der Waals surface area contributed by atoms with Crippen LogP contribution in [-0.4, -0.2) is 74.4 Å². The molecule has 2 heterocycles. The van der Waals surface area contributed by atoms with Crippen molar-refractivity contribution in [3.63, 3.8) is 0 Å². The molecule has 0 unspecified atom stereocenters. The summed E-state index contributed by atoms with van der Waals surface area (Å²) in [6.45, 7) is 5.07. The lowest BCUT2D eigenvalue weighted by atomic mass is 10.2. The first-order chi connectivity index (χ1) is 11.1. The van der Waals surface area contributed by atoms with Gasteiger partial charge >= 0.3 is 0 Å². The van der Waals surface area contributed by atoms with E-state index in [4.69, 9.17) is 16.3 Å². The van der Waals surface area contributed by atoms with E-state index in [-0.39, 0.29) is 0 Å². The number of nitrogens with zero attached hydrogens (tertiary/aromatic N) is 3. The molecule has 2 aliphatic heterocycles. The third-order valence-corrected chi connectivity index (χ3v) is 6.71. The van der Waals surface area contributed by atoms with Crippen molar-refractivity contribution in [2.45, 2.75) is 6.54 Å². The van der Waals surface area contributed by atoms with Gasteiger partial charge in [0.1, 0.15) is 0 Å². The zero-order valence-electron chi connectivity index (χ0n) is 13.0. The first kappa shape index (κ1) is 17.1. The second-order valence-corrected chi connectivity index (χ2v) is 8.12. The van der Waals surface area contributed by atoms with E-state index in [1.165, 1.54) is 4.31 Å². The Bertz CT molecular complexity index is 627. The van der Waals surface area contributed by atoms with Crippen molar-refractivity contribution in [2.24, 2.45) is 0 Å². The molecule has 0 saturated carbocycles. The summed E-state index contributed by atoms with van der Waals surface area (Å²) in [7, 11) is -3.36. The van der Waals surface area contributed by atoms with Gasteiger partial charge in [-0.1, -0.05) is 29.8 Å². The molecule has 2 aliphatic rings. The van der Waals surface area contributed by atoms with Crippen LogP contribution in [0.1, 0.15) is 5.56 Å². The van der Waals surface area contributed by atoms with Crippen LogP contribution in [0.25, 0.3) is 0 Å². The molecule has 1 aromatic carbocycles. The van der Waals surface area contributed by atoms with Crippen LogP contribution in [0, 0.1) is 0 Å². The first-order valence-corrected chi connectivity index (χ1v) is 9.63. The predicted molar refractivity (Wildman–Crippen MR) is 89.6 cm³/mol. The summed E-state index contributed by atoms with van der Waals surface area (Å²) in [4.78, 5) is 2.24. The molecule has 1 aromatic rings. The Morgan fingerprint density at radius 2 is 1.57 bits per heavy atom. The molecule has 0 aromatic heterocycles. The van der Waals surface area contributed by atoms with Crippen molar-refractivity contribution >= 4 is 21.8 Å². The summed E-state index contributed by atoms with van der Waals surface area (Å²) in [5.41, 5.74) is 1.08. The fraction of sp³-hybridized carbons (Fsp3) is 0.600. The van der Waals surface area contributed by atoms with E-state index in [1.54, 1.807) is 4.31 Å². The average Bonchev–Trinajstić information content (AvgIpc) is 2.58. The maximum absolute atomic E-state index is 12.6. The number of hydrogen-bond acceptors (Lipinski definition) is 4. The monoisotopic (exact) mass is 359 g/mol. The van der Waals surface area contributed by atoms with E-state index >= 15 is 0 Å². The van der Waals surface area contributed by atoms with Crippen molar-refractivity contribution in [1.82, 2.24) is 13.5 Å². The minimum absolute atomic E-state index is 0.447. The summed E-state index contributed by atoms with van der Waals surface area (Å²) < 4.78 is 33.6. The molecular formula is C15H22ClN3O3S.